The van der Waals surface area contributed by atoms with E-state index in [1.165, 1.54) is 89.9 Å². The molecule has 0 spiro atoms. The second-order valence-corrected chi connectivity index (χ2v) is 9.27. The number of nitriles is 1. The molecule has 0 saturated heterocycles. The summed E-state index contributed by atoms with van der Waals surface area (Å²) in [4.78, 5) is 0. The highest BCUT2D eigenvalue weighted by atomic mass is 16.5. The lowest BCUT2D eigenvalue weighted by atomic mass is 9.53. The minimum Gasteiger partial charge on any atom is -0.378 e. The molecule has 0 aliphatic heterocycles. The molecule has 0 atom stereocenters. The summed E-state index contributed by atoms with van der Waals surface area (Å²) in [6, 6.07) is 2.34. The zero-order valence-electron chi connectivity index (χ0n) is 15.8. The minimum absolute atomic E-state index is 0.479. The summed E-state index contributed by atoms with van der Waals surface area (Å²) in [7, 11) is 0. The van der Waals surface area contributed by atoms with Gasteiger partial charge in [-0.25, -0.2) is 0 Å². The highest BCUT2D eigenvalue weighted by molar-refractivity contribution is 4.99. The first kappa shape index (κ1) is 18.2. The van der Waals surface area contributed by atoms with Crippen LogP contribution in [0.15, 0.2) is 0 Å². The lowest BCUT2D eigenvalue weighted by molar-refractivity contribution is -0.0947. The molecule has 4 saturated carbocycles. The number of nitrogens with zero attached hydrogens (tertiary/aromatic N) is 1. The number of hydrogen-bond acceptors (Lipinski definition) is 2. The molecule has 24 heavy (non-hydrogen) atoms. The van der Waals surface area contributed by atoms with Crippen molar-refractivity contribution in [2.45, 2.75) is 109 Å². The summed E-state index contributed by atoms with van der Waals surface area (Å²) in [6.45, 7) is 3.33. The summed E-state index contributed by atoms with van der Waals surface area (Å²) in [5.74, 6) is 0.640. The van der Waals surface area contributed by atoms with Gasteiger partial charge in [0.15, 0.2) is 0 Å². The third-order valence-electron chi connectivity index (χ3n) is 7.67. The fraction of sp³-hybridized carbons (Fsp3) is 0.955. The van der Waals surface area contributed by atoms with Gasteiger partial charge in [-0.2, -0.15) is 5.26 Å². The fourth-order valence-corrected chi connectivity index (χ4v) is 5.61. The standard InChI is InChI=1S/C22H37NO/c1-2-3-4-10-21-11-14-22(15-12-21,16-13-21)18-24-20-7-5-19(6-8-20)9-17-23/h19-20H,2-16,18H2,1H3. The normalized spacial score (nSPS) is 38.8. The van der Waals surface area contributed by atoms with Crippen molar-refractivity contribution >= 4 is 0 Å². The molecule has 0 aromatic carbocycles. The van der Waals surface area contributed by atoms with Crippen molar-refractivity contribution in [2.24, 2.45) is 16.7 Å². The molecule has 2 bridgehead atoms. The first-order chi connectivity index (χ1) is 11.7. The Balaban J connectivity index is 1.40. The van der Waals surface area contributed by atoms with Gasteiger partial charge in [0.25, 0.3) is 0 Å². The number of unbranched alkanes of at least 4 members (excludes halogenated alkanes) is 2. The van der Waals surface area contributed by atoms with Gasteiger partial charge < -0.3 is 4.74 Å². The van der Waals surface area contributed by atoms with E-state index in [1.54, 1.807) is 0 Å². The number of hydrogen-bond donors (Lipinski definition) is 0. The van der Waals surface area contributed by atoms with Crippen LogP contribution in [0.2, 0.25) is 0 Å². The summed E-state index contributed by atoms with van der Waals surface area (Å²) < 4.78 is 6.42. The number of fused-ring (bicyclic) bond motifs is 3. The quantitative estimate of drug-likeness (QED) is 0.482. The minimum atomic E-state index is 0.479. The van der Waals surface area contributed by atoms with E-state index in [1.807, 2.05) is 0 Å². The van der Waals surface area contributed by atoms with Crippen molar-refractivity contribution in [3.8, 4) is 6.07 Å². The first-order valence-electron chi connectivity index (χ1n) is 10.7. The van der Waals surface area contributed by atoms with Crippen LogP contribution in [0.5, 0.6) is 0 Å². The molecule has 0 amide bonds. The Hall–Kier alpha value is -0.550. The Morgan fingerprint density at radius 2 is 1.54 bits per heavy atom. The molecule has 0 N–H and O–H groups in total. The van der Waals surface area contributed by atoms with E-state index in [2.05, 4.69) is 13.0 Å². The maximum absolute atomic E-state index is 8.84. The van der Waals surface area contributed by atoms with Crippen LogP contribution in [0.25, 0.3) is 0 Å². The molecular formula is C22H37NO. The molecule has 0 radical (unpaired) electrons. The Labute approximate surface area is 149 Å². The van der Waals surface area contributed by atoms with Crippen molar-refractivity contribution < 1.29 is 4.74 Å². The van der Waals surface area contributed by atoms with Crippen molar-refractivity contribution in [3.63, 3.8) is 0 Å². The van der Waals surface area contributed by atoms with Gasteiger partial charge in [-0.1, -0.05) is 26.2 Å². The predicted octanol–water partition coefficient (Wildman–Crippen LogP) is 6.40. The molecule has 4 aliphatic carbocycles. The third-order valence-corrected chi connectivity index (χ3v) is 7.67. The maximum Gasteiger partial charge on any atom is 0.0624 e. The van der Waals surface area contributed by atoms with Crippen LogP contribution in [0.3, 0.4) is 0 Å². The average molecular weight is 332 g/mol. The van der Waals surface area contributed by atoms with E-state index >= 15 is 0 Å². The van der Waals surface area contributed by atoms with Crippen molar-refractivity contribution in [2.75, 3.05) is 6.61 Å². The highest BCUT2D eigenvalue weighted by Gasteiger charge is 2.48. The molecule has 2 heteroatoms. The molecule has 0 heterocycles. The molecule has 2 nitrogen and oxygen atoms in total. The summed E-state index contributed by atoms with van der Waals surface area (Å²) >= 11 is 0. The van der Waals surface area contributed by atoms with Gasteiger partial charge in [0.1, 0.15) is 0 Å². The van der Waals surface area contributed by atoms with Crippen molar-refractivity contribution in [1.29, 1.82) is 5.26 Å². The van der Waals surface area contributed by atoms with E-state index in [9.17, 15) is 0 Å². The van der Waals surface area contributed by atoms with E-state index < -0.39 is 0 Å². The Morgan fingerprint density at radius 3 is 2.12 bits per heavy atom. The van der Waals surface area contributed by atoms with Crippen LogP contribution in [-0.2, 0) is 4.74 Å². The second-order valence-electron chi connectivity index (χ2n) is 9.27. The number of rotatable bonds is 8. The molecule has 4 aliphatic rings. The van der Waals surface area contributed by atoms with E-state index in [0.29, 0.717) is 22.9 Å². The summed E-state index contributed by atoms with van der Waals surface area (Å²) in [5, 5.41) is 8.84. The van der Waals surface area contributed by atoms with E-state index in [0.717, 1.165) is 13.0 Å². The largest absolute Gasteiger partial charge is 0.378 e. The smallest absolute Gasteiger partial charge is 0.0624 e. The Kier molecular flexibility index (Phi) is 6.25. The second kappa shape index (κ2) is 8.22. The first-order valence-corrected chi connectivity index (χ1v) is 10.7. The Bertz CT molecular complexity index is 405. The third kappa shape index (κ3) is 4.34. The lowest BCUT2D eigenvalue weighted by Crippen LogP contribution is -2.44. The molecule has 0 aromatic rings. The van der Waals surface area contributed by atoms with Gasteiger partial charge >= 0.3 is 0 Å². The van der Waals surface area contributed by atoms with Gasteiger partial charge in [0.05, 0.1) is 18.8 Å². The van der Waals surface area contributed by atoms with Gasteiger partial charge in [-0.05, 0) is 87.4 Å². The topological polar surface area (TPSA) is 33.0 Å². The van der Waals surface area contributed by atoms with Crippen molar-refractivity contribution in [3.05, 3.63) is 0 Å². The van der Waals surface area contributed by atoms with Crippen LogP contribution in [0.4, 0.5) is 0 Å². The molecule has 4 rings (SSSR count). The monoisotopic (exact) mass is 331 g/mol. The predicted molar refractivity (Wildman–Crippen MR) is 98.6 cm³/mol. The van der Waals surface area contributed by atoms with Crippen LogP contribution in [0.1, 0.15) is 103 Å². The van der Waals surface area contributed by atoms with Gasteiger partial charge in [-0.15, -0.1) is 0 Å². The van der Waals surface area contributed by atoms with Gasteiger partial charge in [0.2, 0.25) is 0 Å². The Morgan fingerprint density at radius 1 is 0.917 bits per heavy atom. The molecule has 0 aromatic heterocycles. The van der Waals surface area contributed by atoms with Crippen LogP contribution in [-0.4, -0.2) is 12.7 Å². The zero-order valence-corrected chi connectivity index (χ0v) is 15.8. The fourth-order valence-electron chi connectivity index (χ4n) is 5.61. The van der Waals surface area contributed by atoms with Crippen LogP contribution >= 0.6 is 0 Å². The lowest BCUT2D eigenvalue weighted by Gasteiger charge is -2.54. The molecule has 0 unspecified atom stereocenters. The summed E-state index contributed by atoms with van der Waals surface area (Å²) in [6.07, 6.45) is 20.4. The van der Waals surface area contributed by atoms with E-state index in [-0.39, 0.29) is 0 Å². The van der Waals surface area contributed by atoms with Gasteiger partial charge in [-0.3, -0.25) is 0 Å². The molecule has 4 fully saturated rings. The molecular weight excluding hydrogens is 294 g/mol. The van der Waals surface area contributed by atoms with Gasteiger partial charge in [0, 0.05) is 6.42 Å². The highest BCUT2D eigenvalue weighted by Crippen LogP contribution is 2.59. The van der Waals surface area contributed by atoms with Crippen LogP contribution in [0, 0.1) is 28.1 Å². The average Bonchev–Trinajstić information content (AvgIpc) is 2.63. The zero-order chi connectivity index (χ0) is 16.9. The van der Waals surface area contributed by atoms with Crippen LogP contribution < -0.4 is 0 Å². The summed E-state index contributed by atoms with van der Waals surface area (Å²) in [5.41, 5.74) is 1.24. The maximum atomic E-state index is 8.84. The number of ether oxygens (including phenoxy) is 1. The molecule has 136 valence electrons. The van der Waals surface area contributed by atoms with Crippen molar-refractivity contribution in [1.82, 2.24) is 0 Å². The van der Waals surface area contributed by atoms with E-state index in [4.69, 9.17) is 10.00 Å². The SMILES string of the molecule is CCCCCC12CCC(COC3CCC(CC#N)CC3)(CC1)CC2.